The SMILES string of the molecule is O=C(c1ccccc1NCc1ncc(-c2ccc(F)cc2)o1)N1CCC[C@H](O)C1. The van der Waals surface area contributed by atoms with Crippen molar-refractivity contribution >= 4 is 11.6 Å². The highest BCUT2D eigenvalue weighted by Gasteiger charge is 2.24. The average molecular weight is 395 g/mol. The Morgan fingerprint density at radius 2 is 2.03 bits per heavy atom. The van der Waals surface area contributed by atoms with Gasteiger partial charge in [0.2, 0.25) is 5.89 Å². The number of aliphatic hydroxyl groups is 1. The first-order valence-corrected chi connectivity index (χ1v) is 9.61. The number of rotatable bonds is 5. The van der Waals surface area contributed by atoms with Gasteiger partial charge in [-0.2, -0.15) is 0 Å². The van der Waals surface area contributed by atoms with Gasteiger partial charge in [0.05, 0.1) is 24.4 Å². The predicted molar refractivity (Wildman–Crippen MR) is 107 cm³/mol. The molecule has 4 rings (SSSR count). The van der Waals surface area contributed by atoms with Crippen LogP contribution in [0.3, 0.4) is 0 Å². The van der Waals surface area contributed by atoms with Gasteiger partial charge in [-0.05, 0) is 49.2 Å². The van der Waals surface area contributed by atoms with Crippen molar-refractivity contribution < 1.29 is 18.7 Å². The van der Waals surface area contributed by atoms with Gasteiger partial charge >= 0.3 is 0 Å². The number of hydrogen-bond donors (Lipinski definition) is 2. The Hall–Kier alpha value is -3.19. The summed E-state index contributed by atoms with van der Waals surface area (Å²) in [6.45, 7) is 1.30. The summed E-state index contributed by atoms with van der Waals surface area (Å²) in [5.41, 5.74) is 1.97. The van der Waals surface area contributed by atoms with E-state index in [0.717, 1.165) is 18.4 Å². The Labute approximate surface area is 168 Å². The van der Waals surface area contributed by atoms with Crippen molar-refractivity contribution in [3.8, 4) is 11.3 Å². The Balaban J connectivity index is 1.45. The van der Waals surface area contributed by atoms with Crippen molar-refractivity contribution in [1.29, 1.82) is 0 Å². The summed E-state index contributed by atoms with van der Waals surface area (Å²) in [4.78, 5) is 18.8. The molecule has 3 aromatic rings. The van der Waals surface area contributed by atoms with E-state index in [4.69, 9.17) is 4.42 Å². The number of carbonyl (C=O) groups excluding carboxylic acids is 1. The van der Waals surface area contributed by atoms with Crippen LogP contribution in [0.15, 0.2) is 59.1 Å². The molecule has 1 aromatic heterocycles. The first-order chi connectivity index (χ1) is 14.1. The summed E-state index contributed by atoms with van der Waals surface area (Å²) in [5.74, 6) is 0.595. The van der Waals surface area contributed by atoms with E-state index in [1.807, 2.05) is 18.2 Å². The number of nitrogens with zero attached hydrogens (tertiary/aromatic N) is 2. The lowest BCUT2D eigenvalue weighted by molar-refractivity contribution is 0.0474. The molecule has 2 N–H and O–H groups in total. The number of nitrogens with one attached hydrogen (secondary N) is 1. The van der Waals surface area contributed by atoms with Gasteiger partial charge in [0, 0.05) is 24.3 Å². The Morgan fingerprint density at radius 3 is 2.83 bits per heavy atom. The first kappa shape index (κ1) is 19.1. The molecular formula is C22H22FN3O3. The standard InChI is InChI=1S/C22H22FN3O3/c23-16-9-7-15(8-10-16)20-12-25-21(29-20)13-24-19-6-2-1-5-18(19)22(28)26-11-3-4-17(27)14-26/h1-2,5-10,12,17,24,27H,3-4,11,13-14H2/t17-/m0/s1. The minimum atomic E-state index is -0.468. The normalized spacial score (nSPS) is 16.6. The number of piperidine rings is 1. The van der Waals surface area contributed by atoms with Gasteiger partial charge in [-0.1, -0.05) is 12.1 Å². The number of para-hydroxylation sites is 1. The molecule has 6 nitrogen and oxygen atoms in total. The zero-order chi connectivity index (χ0) is 20.2. The first-order valence-electron chi connectivity index (χ1n) is 9.61. The van der Waals surface area contributed by atoms with Crippen molar-refractivity contribution in [2.24, 2.45) is 0 Å². The summed E-state index contributed by atoms with van der Waals surface area (Å²) in [6.07, 6.45) is 2.65. The van der Waals surface area contributed by atoms with Gasteiger partial charge in [0.1, 0.15) is 5.82 Å². The van der Waals surface area contributed by atoms with Crippen LogP contribution in [0.2, 0.25) is 0 Å². The lowest BCUT2D eigenvalue weighted by Crippen LogP contribution is -2.42. The zero-order valence-electron chi connectivity index (χ0n) is 15.8. The van der Waals surface area contributed by atoms with Crippen LogP contribution in [0.4, 0.5) is 10.1 Å². The molecule has 1 atom stereocenters. The van der Waals surface area contributed by atoms with Gasteiger partial charge in [-0.25, -0.2) is 9.37 Å². The number of halogens is 1. The molecule has 1 fully saturated rings. The third kappa shape index (κ3) is 4.46. The average Bonchev–Trinajstić information content (AvgIpc) is 3.21. The second-order valence-corrected chi connectivity index (χ2v) is 7.07. The molecule has 150 valence electrons. The molecule has 0 saturated carbocycles. The molecule has 1 aliphatic rings. The highest BCUT2D eigenvalue weighted by Crippen LogP contribution is 2.23. The highest BCUT2D eigenvalue weighted by atomic mass is 19.1. The molecule has 0 bridgehead atoms. The maximum atomic E-state index is 13.1. The Bertz CT molecular complexity index is 987. The van der Waals surface area contributed by atoms with Crippen LogP contribution in [0.5, 0.6) is 0 Å². The quantitative estimate of drug-likeness (QED) is 0.689. The largest absolute Gasteiger partial charge is 0.439 e. The molecule has 0 radical (unpaired) electrons. The summed E-state index contributed by atoms with van der Waals surface area (Å²) < 4.78 is 18.8. The number of hydrogen-bond acceptors (Lipinski definition) is 5. The number of likely N-dealkylation sites (tertiary alicyclic amines) is 1. The molecule has 1 saturated heterocycles. The number of aliphatic hydroxyl groups excluding tert-OH is 1. The second-order valence-electron chi connectivity index (χ2n) is 7.07. The number of amides is 1. The van der Waals surface area contributed by atoms with Gasteiger partial charge < -0.3 is 19.7 Å². The summed E-state index contributed by atoms with van der Waals surface area (Å²) in [6, 6.07) is 13.3. The van der Waals surface area contributed by atoms with Crippen LogP contribution in [-0.2, 0) is 6.54 Å². The molecule has 1 aliphatic heterocycles. The summed E-state index contributed by atoms with van der Waals surface area (Å²) >= 11 is 0. The maximum absolute atomic E-state index is 13.1. The number of oxazole rings is 1. The summed E-state index contributed by atoms with van der Waals surface area (Å²) in [7, 11) is 0. The second kappa shape index (κ2) is 8.45. The molecule has 0 unspecified atom stereocenters. The molecule has 1 amide bonds. The molecule has 2 heterocycles. The molecule has 0 spiro atoms. The Morgan fingerprint density at radius 1 is 1.24 bits per heavy atom. The molecule has 7 heteroatoms. The van der Waals surface area contributed by atoms with E-state index in [2.05, 4.69) is 10.3 Å². The Kier molecular flexibility index (Phi) is 5.57. The molecule has 2 aromatic carbocycles. The third-order valence-electron chi connectivity index (χ3n) is 4.95. The fraction of sp³-hybridized carbons (Fsp3) is 0.273. The van der Waals surface area contributed by atoms with Crippen LogP contribution < -0.4 is 5.32 Å². The maximum Gasteiger partial charge on any atom is 0.256 e. The lowest BCUT2D eigenvalue weighted by atomic mass is 10.1. The number of carbonyl (C=O) groups is 1. The highest BCUT2D eigenvalue weighted by molar-refractivity contribution is 5.99. The third-order valence-corrected chi connectivity index (χ3v) is 4.95. The van der Waals surface area contributed by atoms with E-state index in [-0.39, 0.29) is 11.7 Å². The van der Waals surface area contributed by atoms with Crippen LogP contribution in [0.25, 0.3) is 11.3 Å². The topological polar surface area (TPSA) is 78.6 Å². The van der Waals surface area contributed by atoms with E-state index in [9.17, 15) is 14.3 Å². The van der Waals surface area contributed by atoms with E-state index in [0.29, 0.717) is 42.5 Å². The van der Waals surface area contributed by atoms with Crippen LogP contribution in [0.1, 0.15) is 29.1 Å². The van der Waals surface area contributed by atoms with Crippen molar-refractivity contribution in [2.75, 3.05) is 18.4 Å². The van der Waals surface area contributed by atoms with Gasteiger partial charge in [0.25, 0.3) is 5.91 Å². The van der Waals surface area contributed by atoms with Gasteiger partial charge in [-0.15, -0.1) is 0 Å². The molecular weight excluding hydrogens is 373 g/mol. The number of benzene rings is 2. The van der Waals surface area contributed by atoms with Crippen molar-refractivity contribution in [3.63, 3.8) is 0 Å². The van der Waals surface area contributed by atoms with Crippen LogP contribution >= 0.6 is 0 Å². The van der Waals surface area contributed by atoms with Gasteiger partial charge in [-0.3, -0.25) is 4.79 Å². The minimum absolute atomic E-state index is 0.105. The van der Waals surface area contributed by atoms with Crippen molar-refractivity contribution in [2.45, 2.75) is 25.5 Å². The van der Waals surface area contributed by atoms with Crippen LogP contribution in [0, 0.1) is 5.82 Å². The fourth-order valence-electron chi connectivity index (χ4n) is 3.44. The number of anilines is 1. The predicted octanol–water partition coefficient (Wildman–Crippen LogP) is 3.69. The lowest BCUT2D eigenvalue weighted by Gasteiger charge is -2.30. The van der Waals surface area contributed by atoms with Crippen molar-refractivity contribution in [1.82, 2.24) is 9.88 Å². The van der Waals surface area contributed by atoms with Crippen LogP contribution in [-0.4, -0.2) is 40.1 Å². The minimum Gasteiger partial charge on any atom is -0.439 e. The number of aromatic nitrogens is 1. The van der Waals surface area contributed by atoms with Crippen molar-refractivity contribution in [3.05, 3.63) is 72.0 Å². The monoisotopic (exact) mass is 395 g/mol. The van der Waals surface area contributed by atoms with E-state index in [1.165, 1.54) is 12.1 Å². The zero-order valence-corrected chi connectivity index (χ0v) is 15.8. The molecule has 29 heavy (non-hydrogen) atoms. The molecule has 0 aliphatic carbocycles. The fourth-order valence-corrected chi connectivity index (χ4v) is 3.44. The van der Waals surface area contributed by atoms with E-state index >= 15 is 0 Å². The summed E-state index contributed by atoms with van der Waals surface area (Å²) in [5, 5.41) is 13.1. The van der Waals surface area contributed by atoms with Gasteiger partial charge in [0.15, 0.2) is 5.76 Å². The van der Waals surface area contributed by atoms with E-state index < -0.39 is 6.10 Å². The smallest absolute Gasteiger partial charge is 0.256 e. The van der Waals surface area contributed by atoms with E-state index in [1.54, 1.807) is 29.3 Å². The number of β-amino-alcohol motifs (C(OH)–C–C–N with tert-alkyl or cyclic N) is 1.